The van der Waals surface area contributed by atoms with Crippen molar-refractivity contribution in [1.82, 2.24) is 9.88 Å². The van der Waals surface area contributed by atoms with Crippen LogP contribution in [-0.2, 0) is 30.2 Å². The van der Waals surface area contributed by atoms with Crippen molar-refractivity contribution in [2.75, 3.05) is 13.1 Å². The topological polar surface area (TPSA) is 49.2 Å². The number of rotatable bonds is 5. The summed E-state index contributed by atoms with van der Waals surface area (Å²) in [6, 6.07) is 29.0. The maximum atomic E-state index is 12.7. The van der Waals surface area contributed by atoms with Crippen LogP contribution in [0, 0.1) is 0 Å². The van der Waals surface area contributed by atoms with Crippen LogP contribution in [0.5, 0.6) is 0 Å². The molecule has 0 spiro atoms. The van der Waals surface area contributed by atoms with Crippen molar-refractivity contribution in [1.29, 1.82) is 0 Å². The molecule has 2 heterocycles. The van der Waals surface area contributed by atoms with Crippen LogP contribution in [0.2, 0.25) is 0 Å². The number of para-hydroxylation sites is 2. The number of benzene rings is 3. The molecule has 0 saturated carbocycles. The van der Waals surface area contributed by atoms with Crippen LogP contribution < -0.4 is 4.57 Å². The number of carbonyl (C=O) groups excluding carboxylic acids is 1. The zero-order valence-electron chi connectivity index (χ0n) is 19.0. The summed E-state index contributed by atoms with van der Waals surface area (Å²) in [5.74, 6) is 1.21. The van der Waals surface area contributed by atoms with E-state index < -0.39 is 0 Å². The van der Waals surface area contributed by atoms with Gasteiger partial charge in [-0.25, -0.2) is 14.3 Å². The standard InChI is InChI=1S/C28H29N3O2/c1-30-25-15-9-8-14-24(25)29-26(30)20-28(23-12-6-3-7-13-23)16-18-31(19-17-28)27(32)33-21-22-10-4-2-5-11-22/h2-15H,16-21H2,1H3/p+1. The molecular weight excluding hydrogens is 410 g/mol. The summed E-state index contributed by atoms with van der Waals surface area (Å²) in [6.07, 6.45) is 2.46. The van der Waals surface area contributed by atoms with E-state index in [1.807, 2.05) is 35.2 Å². The molecule has 1 fully saturated rings. The first-order valence-corrected chi connectivity index (χ1v) is 11.6. The number of piperidine rings is 1. The van der Waals surface area contributed by atoms with Gasteiger partial charge >= 0.3 is 6.09 Å². The Morgan fingerprint density at radius 2 is 1.58 bits per heavy atom. The molecule has 4 aromatic rings. The second-order valence-corrected chi connectivity index (χ2v) is 9.00. The molecule has 1 aliphatic rings. The van der Waals surface area contributed by atoms with E-state index in [4.69, 9.17) is 4.74 Å². The van der Waals surface area contributed by atoms with Gasteiger partial charge in [0, 0.05) is 18.5 Å². The number of H-pyrrole nitrogens is 1. The Hall–Kier alpha value is -3.60. The van der Waals surface area contributed by atoms with Gasteiger partial charge in [0.05, 0.1) is 13.5 Å². The maximum absolute atomic E-state index is 12.7. The fourth-order valence-corrected chi connectivity index (χ4v) is 5.03. The first-order valence-electron chi connectivity index (χ1n) is 11.6. The normalized spacial score (nSPS) is 15.5. The summed E-state index contributed by atoms with van der Waals surface area (Å²) in [5, 5.41) is 0. The van der Waals surface area contributed by atoms with Gasteiger partial charge in [-0.05, 0) is 36.1 Å². The van der Waals surface area contributed by atoms with Crippen molar-refractivity contribution in [3.05, 3.63) is 102 Å². The Bertz CT molecular complexity index is 1230. The van der Waals surface area contributed by atoms with E-state index >= 15 is 0 Å². The fraction of sp³-hybridized carbons (Fsp3) is 0.286. The third-order valence-corrected chi connectivity index (χ3v) is 7.03. The van der Waals surface area contributed by atoms with Crippen molar-refractivity contribution >= 4 is 17.1 Å². The molecule has 33 heavy (non-hydrogen) atoms. The Morgan fingerprint density at radius 1 is 0.939 bits per heavy atom. The van der Waals surface area contributed by atoms with Gasteiger partial charge in [0.2, 0.25) is 0 Å². The molecule has 168 valence electrons. The number of ether oxygens (including phenoxy) is 1. The van der Waals surface area contributed by atoms with Crippen LogP contribution >= 0.6 is 0 Å². The lowest BCUT2D eigenvalue weighted by atomic mass is 9.70. The summed E-state index contributed by atoms with van der Waals surface area (Å²) in [5.41, 5.74) is 4.67. The minimum Gasteiger partial charge on any atom is -0.445 e. The molecule has 1 saturated heterocycles. The van der Waals surface area contributed by atoms with Gasteiger partial charge in [-0.3, -0.25) is 0 Å². The number of aryl methyl sites for hydroxylation is 1. The number of aromatic amines is 1. The SMILES string of the molecule is C[n+]1c(CC2(c3ccccc3)CCN(C(=O)OCc3ccccc3)CC2)[nH]c2ccccc21. The first-order chi connectivity index (χ1) is 16.1. The van der Waals surface area contributed by atoms with E-state index in [2.05, 4.69) is 71.2 Å². The molecule has 5 nitrogen and oxygen atoms in total. The van der Waals surface area contributed by atoms with Gasteiger partial charge in [0.25, 0.3) is 5.82 Å². The smallest absolute Gasteiger partial charge is 0.410 e. The molecule has 5 heteroatoms. The lowest BCUT2D eigenvalue weighted by Crippen LogP contribution is -2.48. The number of fused-ring (bicyclic) bond motifs is 1. The highest BCUT2D eigenvalue weighted by Crippen LogP contribution is 2.38. The van der Waals surface area contributed by atoms with Crippen molar-refractivity contribution in [2.45, 2.75) is 31.3 Å². The monoisotopic (exact) mass is 440 g/mol. The molecule has 0 aliphatic carbocycles. The largest absolute Gasteiger partial charge is 0.445 e. The van der Waals surface area contributed by atoms with E-state index in [1.165, 1.54) is 16.9 Å². The third kappa shape index (κ3) is 4.36. The van der Waals surface area contributed by atoms with E-state index in [0.29, 0.717) is 19.7 Å². The van der Waals surface area contributed by atoms with Crippen LogP contribution in [0.1, 0.15) is 29.8 Å². The Kier molecular flexibility index (Phi) is 5.86. The van der Waals surface area contributed by atoms with Crippen molar-refractivity contribution in [3.63, 3.8) is 0 Å². The molecule has 5 rings (SSSR count). The number of carbonyl (C=O) groups is 1. The molecule has 0 bridgehead atoms. The Labute approximate surface area is 194 Å². The van der Waals surface area contributed by atoms with Gasteiger partial charge in [0.15, 0.2) is 11.0 Å². The molecule has 0 radical (unpaired) electrons. The number of hydrogen-bond acceptors (Lipinski definition) is 2. The molecule has 1 aliphatic heterocycles. The number of aromatic nitrogens is 2. The van der Waals surface area contributed by atoms with Gasteiger partial charge in [-0.2, -0.15) is 0 Å². The van der Waals surface area contributed by atoms with Crippen LogP contribution in [0.4, 0.5) is 4.79 Å². The predicted octanol–water partition coefficient (Wildman–Crippen LogP) is 4.91. The zero-order chi connectivity index (χ0) is 22.7. The van der Waals surface area contributed by atoms with Crippen LogP contribution in [0.15, 0.2) is 84.9 Å². The van der Waals surface area contributed by atoms with Gasteiger partial charge in [0.1, 0.15) is 6.61 Å². The van der Waals surface area contributed by atoms with Crippen LogP contribution in [0.25, 0.3) is 11.0 Å². The molecule has 1 amide bonds. The maximum Gasteiger partial charge on any atom is 0.410 e. The van der Waals surface area contributed by atoms with Gasteiger partial charge in [-0.1, -0.05) is 72.8 Å². The summed E-state index contributed by atoms with van der Waals surface area (Å²) in [7, 11) is 2.13. The van der Waals surface area contributed by atoms with Gasteiger partial charge in [-0.15, -0.1) is 0 Å². The number of nitrogens with one attached hydrogen (secondary N) is 1. The molecule has 0 atom stereocenters. The van der Waals surface area contributed by atoms with E-state index in [1.54, 1.807) is 0 Å². The lowest BCUT2D eigenvalue weighted by molar-refractivity contribution is -0.653. The fourth-order valence-electron chi connectivity index (χ4n) is 5.03. The minimum atomic E-state index is -0.225. The highest BCUT2D eigenvalue weighted by molar-refractivity contribution is 5.71. The summed E-state index contributed by atoms with van der Waals surface area (Å²) in [4.78, 5) is 18.2. The molecular formula is C28H30N3O2+. The first kappa shape index (κ1) is 21.3. The van der Waals surface area contributed by atoms with Crippen LogP contribution in [-0.4, -0.2) is 29.1 Å². The Balaban J connectivity index is 1.34. The summed E-state index contributed by atoms with van der Waals surface area (Å²) < 4.78 is 7.86. The number of amides is 1. The average Bonchev–Trinajstić information content (AvgIpc) is 3.19. The number of imidazole rings is 1. The Morgan fingerprint density at radius 3 is 2.27 bits per heavy atom. The van der Waals surface area contributed by atoms with E-state index in [9.17, 15) is 4.79 Å². The zero-order valence-corrected chi connectivity index (χ0v) is 19.0. The van der Waals surface area contributed by atoms with Crippen molar-refractivity contribution in [2.24, 2.45) is 7.05 Å². The van der Waals surface area contributed by atoms with Crippen molar-refractivity contribution in [3.8, 4) is 0 Å². The number of likely N-dealkylation sites (tertiary alicyclic amines) is 1. The van der Waals surface area contributed by atoms with E-state index in [0.717, 1.165) is 30.3 Å². The van der Waals surface area contributed by atoms with E-state index in [-0.39, 0.29) is 11.5 Å². The van der Waals surface area contributed by atoms with Crippen LogP contribution in [0.3, 0.4) is 0 Å². The molecule has 0 unspecified atom stereocenters. The minimum absolute atomic E-state index is 0.0316. The summed E-state index contributed by atoms with van der Waals surface area (Å²) >= 11 is 0. The quantitative estimate of drug-likeness (QED) is 0.449. The molecule has 3 aromatic carbocycles. The highest BCUT2D eigenvalue weighted by Gasteiger charge is 2.40. The predicted molar refractivity (Wildman–Crippen MR) is 129 cm³/mol. The second kappa shape index (κ2) is 9.10. The second-order valence-electron chi connectivity index (χ2n) is 9.00. The average molecular weight is 441 g/mol. The lowest BCUT2D eigenvalue weighted by Gasteiger charge is -2.41. The van der Waals surface area contributed by atoms with Crippen molar-refractivity contribution < 1.29 is 14.1 Å². The molecule has 1 N–H and O–H groups in total. The molecule has 1 aromatic heterocycles. The number of nitrogens with zero attached hydrogens (tertiary/aromatic N) is 2. The number of hydrogen-bond donors (Lipinski definition) is 1. The summed E-state index contributed by atoms with van der Waals surface area (Å²) in [6.45, 7) is 1.68. The van der Waals surface area contributed by atoms with Gasteiger partial charge < -0.3 is 9.64 Å². The third-order valence-electron chi connectivity index (χ3n) is 7.03. The highest BCUT2D eigenvalue weighted by atomic mass is 16.6.